The summed E-state index contributed by atoms with van der Waals surface area (Å²) in [5.41, 5.74) is 2.25. The zero-order valence-corrected chi connectivity index (χ0v) is 9.89. The van der Waals surface area contributed by atoms with Crippen LogP contribution in [0.2, 0.25) is 0 Å². The number of rotatable bonds is 4. The molecule has 14 heavy (non-hydrogen) atoms. The Hall–Kier alpha value is -1.12. The first-order valence-corrected chi connectivity index (χ1v) is 5.04. The summed E-state index contributed by atoms with van der Waals surface area (Å²) in [7, 11) is 3.69. The number of hydrogen-bond donors (Lipinski definition) is 1. The van der Waals surface area contributed by atoms with Gasteiger partial charge in [-0.1, -0.05) is 13.3 Å². The van der Waals surface area contributed by atoms with Gasteiger partial charge in [0.2, 0.25) is 0 Å². The summed E-state index contributed by atoms with van der Waals surface area (Å²) in [6, 6.07) is 0. The van der Waals surface area contributed by atoms with E-state index in [2.05, 4.69) is 22.2 Å². The van der Waals surface area contributed by atoms with E-state index in [1.807, 2.05) is 27.1 Å². The highest BCUT2D eigenvalue weighted by atomic mass is 15.0. The fourth-order valence-corrected chi connectivity index (χ4v) is 1.39. The van der Waals surface area contributed by atoms with E-state index in [1.54, 1.807) is 7.05 Å². The molecule has 0 amide bonds. The van der Waals surface area contributed by atoms with Crippen molar-refractivity contribution in [2.24, 2.45) is 9.98 Å². The van der Waals surface area contributed by atoms with Crippen molar-refractivity contribution in [2.75, 3.05) is 14.1 Å². The van der Waals surface area contributed by atoms with Crippen LogP contribution >= 0.6 is 0 Å². The minimum Gasteiger partial charge on any atom is -0.373 e. The summed E-state index contributed by atoms with van der Waals surface area (Å²) < 4.78 is 0. The smallest absolute Gasteiger partial charge is 0.125 e. The molecule has 0 aromatic carbocycles. The zero-order chi connectivity index (χ0) is 11.0. The molecule has 0 fully saturated rings. The van der Waals surface area contributed by atoms with Crippen molar-refractivity contribution in [2.45, 2.75) is 33.6 Å². The van der Waals surface area contributed by atoms with Gasteiger partial charge in [0, 0.05) is 31.6 Å². The second-order valence-electron chi connectivity index (χ2n) is 3.02. The highest BCUT2D eigenvalue weighted by Crippen LogP contribution is 2.12. The van der Waals surface area contributed by atoms with Gasteiger partial charge in [0.15, 0.2) is 0 Å². The summed E-state index contributed by atoms with van der Waals surface area (Å²) in [4.78, 5) is 8.50. The molecule has 0 atom stereocenters. The SMILES string of the molecule is CC=N/C(C)=C(/CCC)C(=NC)NC. The maximum atomic E-state index is 4.29. The van der Waals surface area contributed by atoms with Gasteiger partial charge in [-0.3, -0.25) is 9.98 Å². The third kappa shape index (κ3) is 3.73. The van der Waals surface area contributed by atoms with Crippen LogP contribution in [0, 0.1) is 0 Å². The second-order valence-corrected chi connectivity index (χ2v) is 3.02. The molecule has 0 aromatic heterocycles. The molecule has 0 saturated carbocycles. The minimum atomic E-state index is 0.940. The molecule has 0 aliphatic rings. The molecular formula is C11H21N3. The number of aliphatic imine (C=N–C) groups is 2. The molecule has 0 unspecified atom stereocenters. The van der Waals surface area contributed by atoms with E-state index in [9.17, 15) is 0 Å². The molecule has 1 N–H and O–H groups in total. The lowest BCUT2D eigenvalue weighted by Gasteiger charge is -2.10. The summed E-state index contributed by atoms with van der Waals surface area (Å²) >= 11 is 0. The van der Waals surface area contributed by atoms with Crippen LogP contribution < -0.4 is 5.32 Å². The number of nitrogens with one attached hydrogen (secondary N) is 1. The molecule has 0 spiro atoms. The Bertz CT molecular complexity index is 249. The maximum Gasteiger partial charge on any atom is 0.125 e. The van der Waals surface area contributed by atoms with Gasteiger partial charge >= 0.3 is 0 Å². The van der Waals surface area contributed by atoms with E-state index in [1.165, 1.54) is 5.57 Å². The maximum absolute atomic E-state index is 4.29. The van der Waals surface area contributed by atoms with Crippen molar-refractivity contribution in [3.63, 3.8) is 0 Å². The average Bonchev–Trinajstić information content (AvgIpc) is 2.18. The predicted octanol–water partition coefficient (Wildman–Crippen LogP) is 2.40. The number of nitrogens with zero attached hydrogens (tertiary/aromatic N) is 2. The van der Waals surface area contributed by atoms with Crippen LogP contribution in [0.15, 0.2) is 21.3 Å². The van der Waals surface area contributed by atoms with Crippen molar-refractivity contribution in [3.8, 4) is 0 Å². The monoisotopic (exact) mass is 195 g/mol. The molecule has 0 rings (SSSR count). The normalized spacial score (nSPS) is 14.5. The predicted molar refractivity (Wildman–Crippen MR) is 64.2 cm³/mol. The van der Waals surface area contributed by atoms with Crippen LogP contribution in [0.4, 0.5) is 0 Å². The van der Waals surface area contributed by atoms with Gasteiger partial charge in [0.1, 0.15) is 5.84 Å². The first kappa shape index (κ1) is 12.9. The number of likely N-dealkylation sites (N-methyl/N-ethyl adjacent to an activating group) is 1. The van der Waals surface area contributed by atoms with Crippen molar-refractivity contribution in [3.05, 3.63) is 11.3 Å². The first-order valence-electron chi connectivity index (χ1n) is 5.04. The van der Waals surface area contributed by atoms with Crippen LogP contribution in [0.25, 0.3) is 0 Å². The molecule has 0 aliphatic carbocycles. The highest BCUT2D eigenvalue weighted by molar-refractivity contribution is 5.98. The Morgan fingerprint density at radius 2 is 2.07 bits per heavy atom. The number of allylic oxidation sites excluding steroid dienone is 1. The number of hydrogen-bond acceptors (Lipinski definition) is 2. The van der Waals surface area contributed by atoms with Crippen molar-refractivity contribution in [1.29, 1.82) is 0 Å². The molecule has 0 saturated heterocycles. The minimum absolute atomic E-state index is 0.940. The van der Waals surface area contributed by atoms with Crippen LogP contribution in [0.1, 0.15) is 33.6 Å². The van der Waals surface area contributed by atoms with Gasteiger partial charge < -0.3 is 5.32 Å². The fourth-order valence-electron chi connectivity index (χ4n) is 1.39. The van der Waals surface area contributed by atoms with Crippen molar-refractivity contribution >= 4 is 12.1 Å². The van der Waals surface area contributed by atoms with Gasteiger partial charge in [-0.25, -0.2) is 0 Å². The summed E-state index contributed by atoms with van der Waals surface area (Å²) in [6.07, 6.45) is 3.93. The number of amidine groups is 1. The second kappa shape index (κ2) is 7.30. The van der Waals surface area contributed by atoms with Gasteiger partial charge in [0.25, 0.3) is 0 Å². The standard InChI is InChI=1S/C11H21N3/c1-6-8-10(9(3)14-7-2)11(12-4)13-5/h7H,6,8H2,1-5H3,(H,12,13)/b10-9-,14-7?. The lowest BCUT2D eigenvalue weighted by Crippen LogP contribution is -2.21. The Labute approximate surface area is 87.0 Å². The van der Waals surface area contributed by atoms with Gasteiger partial charge in [-0.2, -0.15) is 0 Å². The Morgan fingerprint density at radius 1 is 1.43 bits per heavy atom. The van der Waals surface area contributed by atoms with Gasteiger partial charge in [-0.15, -0.1) is 0 Å². The molecule has 0 aromatic rings. The van der Waals surface area contributed by atoms with Crippen molar-refractivity contribution in [1.82, 2.24) is 5.32 Å². The van der Waals surface area contributed by atoms with Crippen molar-refractivity contribution < 1.29 is 0 Å². The lowest BCUT2D eigenvalue weighted by molar-refractivity contribution is 0.906. The molecule has 80 valence electrons. The highest BCUT2D eigenvalue weighted by Gasteiger charge is 2.06. The topological polar surface area (TPSA) is 36.8 Å². The first-order chi connectivity index (χ1) is 6.71. The largest absolute Gasteiger partial charge is 0.373 e. The van der Waals surface area contributed by atoms with E-state index < -0.39 is 0 Å². The molecule has 0 heterocycles. The van der Waals surface area contributed by atoms with Crippen LogP contribution in [0.5, 0.6) is 0 Å². The van der Waals surface area contributed by atoms with E-state index in [0.29, 0.717) is 0 Å². The fraction of sp³-hybridized carbons (Fsp3) is 0.636. The van der Waals surface area contributed by atoms with Gasteiger partial charge in [0.05, 0.1) is 0 Å². The molecule has 3 heteroatoms. The quantitative estimate of drug-likeness (QED) is 0.543. The average molecular weight is 195 g/mol. The van der Waals surface area contributed by atoms with E-state index >= 15 is 0 Å². The van der Waals surface area contributed by atoms with Gasteiger partial charge in [-0.05, 0) is 20.3 Å². The van der Waals surface area contributed by atoms with E-state index in [-0.39, 0.29) is 0 Å². The summed E-state index contributed by atoms with van der Waals surface area (Å²) in [6.45, 7) is 6.11. The van der Waals surface area contributed by atoms with Crippen LogP contribution in [-0.4, -0.2) is 26.1 Å². The molecule has 0 bridgehead atoms. The third-order valence-corrected chi connectivity index (χ3v) is 2.01. The van der Waals surface area contributed by atoms with E-state index in [4.69, 9.17) is 0 Å². The van der Waals surface area contributed by atoms with Crippen LogP contribution in [-0.2, 0) is 0 Å². The zero-order valence-electron chi connectivity index (χ0n) is 9.89. The molecular weight excluding hydrogens is 174 g/mol. The van der Waals surface area contributed by atoms with E-state index in [0.717, 1.165) is 24.4 Å². The Kier molecular flexibility index (Phi) is 6.72. The Morgan fingerprint density at radius 3 is 2.43 bits per heavy atom. The molecule has 3 nitrogen and oxygen atoms in total. The molecule has 0 radical (unpaired) electrons. The van der Waals surface area contributed by atoms with Crippen LogP contribution in [0.3, 0.4) is 0 Å². The molecule has 0 aliphatic heterocycles. The Balaban J connectivity index is 5.00. The summed E-state index contributed by atoms with van der Waals surface area (Å²) in [5.74, 6) is 0.940. The summed E-state index contributed by atoms with van der Waals surface area (Å²) in [5, 5.41) is 3.09. The third-order valence-electron chi connectivity index (χ3n) is 2.01. The lowest BCUT2D eigenvalue weighted by atomic mass is 10.1.